The highest BCUT2D eigenvalue weighted by atomic mass is 32.2. The number of carboxylic acids is 1. The summed E-state index contributed by atoms with van der Waals surface area (Å²) in [6, 6.07) is -0.610. The third-order valence-electron chi connectivity index (χ3n) is 4.97. The number of aliphatic carboxylic acids is 1. The third kappa shape index (κ3) is 3.60. The van der Waals surface area contributed by atoms with E-state index in [-0.39, 0.29) is 35.2 Å². The lowest BCUT2D eigenvalue weighted by atomic mass is 9.88. The van der Waals surface area contributed by atoms with Crippen LogP contribution in [0.5, 0.6) is 0 Å². The van der Waals surface area contributed by atoms with Crippen molar-refractivity contribution < 1.29 is 24.3 Å². The number of hydrogen-bond acceptors (Lipinski definition) is 6. The van der Waals surface area contributed by atoms with E-state index in [0.29, 0.717) is 12.8 Å². The third-order valence-corrected chi connectivity index (χ3v) is 7.53. The first kappa shape index (κ1) is 19.8. The predicted octanol–water partition coefficient (Wildman–Crippen LogP) is 1.24. The van der Waals surface area contributed by atoms with Gasteiger partial charge in [-0.05, 0) is 6.42 Å². The zero-order valence-corrected chi connectivity index (χ0v) is 16.4. The topological polar surface area (TPSA) is 121 Å². The molecule has 10 heteroatoms. The number of carboxylic acid groups (broad SMARTS) is 1. The molecule has 27 heavy (non-hydrogen) atoms. The summed E-state index contributed by atoms with van der Waals surface area (Å²) >= 11 is 2.09. The van der Waals surface area contributed by atoms with Crippen molar-refractivity contribution in [2.24, 2.45) is 11.1 Å². The number of rotatable bonds is 5. The summed E-state index contributed by atoms with van der Waals surface area (Å²) < 4.78 is 0. The van der Waals surface area contributed by atoms with Gasteiger partial charge in [-0.25, -0.2) is 0 Å². The van der Waals surface area contributed by atoms with Crippen LogP contribution < -0.4 is 5.73 Å². The molecule has 3 N–H and O–H groups in total. The number of fused-ring (bicyclic) bond motifs is 1. The molecule has 0 aromatic heterocycles. The van der Waals surface area contributed by atoms with Crippen LogP contribution in [0.4, 0.5) is 4.79 Å². The number of hydrogen-bond donors (Lipinski definition) is 2. The van der Waals surface area contributed by atoms with Crippen LogP contribution >= 0.6 is 23.5 Å². The maximum absolute atomic E-state index is 12.8. The fraction of sp³-hybridized carbons (Fsp3) is 0.529. The summed E-state index contributed by atoms with van der Waals surface area (Å²) in [7, 11) is 0. The number of nitrogens with two attached hydrogens (primary N) is 1. The molecule has 0 saturated carbocycles. The molecule has 3 atom stereocenters. The van der Waals surface area contributed by atoms with Crippen molar-refractivity contribution >= 4 is 46.5 Å². The monoisotopic (exact) mass is 411 g/mol. The minimum absolute atomic E-state index is 0.0121. The summed E-state index contributed by atoms with van der Waals surface area (Å²) in [4.78, 5) is 51.0. The van der Waals surface area contributed by atoms with Gasteiger partial charge in [0.05, 0.1) is 0 Å². The Morgan fingerprint density at radius 1 is 1.44 bits per heavy atom. The van der Waals surface area contributed by atoms with Gasteiger partial charge in [-0.1, -0.05) is 30.0 Å². The van der Waals surface area contributed by atoms with E-state index in [4.69, 9.17) is 5.73 Å². The van der Waals surface area contributed by atoms with Crippen LogP contribution in [0.15, 0.2) is 23.9 Å². The van der Waals surface area contributed by atoms with Gasteiger partial charge in [0, 0.05) is 37.1 Å². The Bertz CT molecular complexity index is 753. The number of allylic oxidation sites excluding steroid dienone is 3. The normalized spacial score (nSPS) is 29.4. The van der Waals surface area contributed by atoms with E-state index in [1.54, 1.807) is 4.90 Å². The summed E-state index contributed by atoms with van der Waals surface area (Å²) in [5.74, 6) is -1.25. The van der Waals surface area contributed by atoms with E-state index in [9.17, 15) is 24.3 Å². The summed E-state index contributed by atoms with van der Waals surface area (Å²) in [5.41, 5.74) is 4.72. The number of carbonyl (C=O) groups is 4. The van der Waals surface area contributed by atoms with Gasteiger partial charge in [0.15, 0.2) is 0 Å². The highest BCUT2D eigenvalue weighted by Gasteiger charge is 2.59. The van der Waals surface area contributed by atoms with Crippen molar-refractivity contribution in [2.75, 3.05) is 18.1 Å². The Morgan fingerprint density at radius 2 is 2.19 bits per heavy atom. The van der Waals surface area contributed by atoms with Crippen LogP contribution in [0.1, 0.15) is 19.8 Å². The zero-order chi connectivity index (χ0) is 19.8. The molecule has 0 spiro atoms. The Hall–Kier alpha value is -1.94. The summed E-state index contributed by atoms with van der Waals surface area (Å²) in [6.07, 6.45) is 7.22. The van der Waals surface area contributed by atoms with Gasteiger partial charge in [-0.3, -0.25) is 19.2 Å². The average molecular weight is 412 g/mol. The van der Waals surface area contributed by atoms with Gasteiger partial charge in [-0.15, -0.1) is 11.8 Å². The van der Waals surface area contributed by atoms with Gasteiger partial charge in [0.2, 0.25) is 11.8 Å². The van der Waals surface area contributed by atoms with Crippen molar-refractivity contribution in [1.82, 2.24) is 9.80 Å². The predicted molar refractivity (Wildman–Crippen MR) is 103 cm³/mol. The van der Waals surface area contributed by atoms with Crippen LogP contribution in [-0.4, -0.2) is 67.4 Å². The van der Waals surface area contributed by atoms with Gasteiger partial charge < -0.3 is 20.6 Å². The smallest absolute Gasteiger partial charge is 0.313 e. The second kappa shape index (κ2) is 7.59. The van der Waals surface area contributed by atoms with Crippen LogP contribution in [0.2, 0.25) is 0 Å². The number of β-lactam (4-membered cyclic amide) rings is 1. The average Bonchev–Trinajstić information content (AvgIpc) is 2.64. The first-order valence-corrected chi connectivity index (χ1v) is 10.5. The van der Waals surface area contributed by atoms with Gasteiger partial charge in [0.25, 0.3) is 5.24 Å². The molecule has 1 aliphatic carbocycles. The molecule has 8 nitrogen and oxygen atoms in total. The largest absolute Gasteiger partial charge is 0.481 e. The lowest BCUT2D eigenvalue weighted by molar-refractivity contribution is -0.163. The minimum Gasteiger partial charge on any atom is -0.481 e. The Kier molecular flexibility index (Phi) is 5.57. The zero-order valence-electron chi connectivity index (χ0n) is 14.8. The van der Waals surface area contributed by atoms with E-state index in [2.05, 4.69) is 0 Å². The highest BCUT2D eigenvalue weighted by molar-refractivity contribution is 8.13. The molecule has 0 aromatic carbocycles. The van der Waals surface area contributed by atoms with Gasteiger partial charge in [-0.2, -0.15) is 0 Å². The van der Waals surface area contributed by atoms with E-state index in [1.807, 2.05) is 18.2 Å². The van der Waals surface area contributed by atoms with Crippen molar-refractivity contribution in [2.45, 2.75) is 31.2 Å². The highest BCUT2D eigenvalue weighted by Crippen LogP contribution is 2.46. The maximum atomic E-state index is 12.8. The van der Waals surface area contributed by atoms with Crippen molar-refractivity contribution in [3.8, 4) is 0 Å². The van der Waals surface area contributed by atoms with Crippen LogP contribution in [0.25, 0.3) is 0 Å². The molecular formula is C17H21N3O5S2. The molecule has 3 rings (SSSR count). The van der Waals surface area contributed by atoms with Gasteiger partial charge in [0.1, 0.15) is 16.8 Å². The fourth-order valence-electron chi connectivity index (χ4n) is 3.56. The molecule has 0 aromatic rings. The lowest BCUT2D eigenvalue weighted by Crippen LogP contribution is -2.74. The van der Waals surface area contributed by atoms with E-state index < -0.39 is 22.7 Å². The molecule has 2 aliphatic heterocycles. The quantitative estimate of drug-likeness (QED) is 0.515. The molecule has 3 amide bonds. The second-order valence-electron chi connectivity index (χ2n) is 6.80. The SMILES string of the molecule is CC(=O)N(C1=CCC=CC1)C1C(=O)N2CC(CSC(N)=O)(C(=O)O)CS[C@H]12. The number of thioether (sulfide) groups is 2. The number of amides is 3. The van der Waals surface area contributed by atoms with E-state index >= 15 is 0 Å². The Labute approximate surface area is 165 Å². The van der Waals surface area contributed by atoms with Gasteiger partial charge >= 0.3 is 5.97 Å². The standard InChI is InChI=1S/C17H21N3O5S2/c1-10(21)20(11-5-3-2-4-6-11)12-13(22)19-7-17(15(23)24,8-26-14(12)19)9-27-16(18)25/h2-3,6,12,14H,4-5,7-9H2,1H3,(H2,18,25)(H,23,24)/t12?,14-,17?/m1/s1. The second-order valence-corrected chi connectivity index (χ2v) is 8.89. The van der Waals surface area contributed by atoms with E-state index in [1.165, 1.54) is 23.6 Å². The van der Waals surface area contributed by atoms with Crippen molar-refractivity contribution in [3.63, 3.8) is 0 Å². The lowest BCUT2D eigenvalue weighted by Gasteiger charge is -2.56. The maximum Gasteiger partial charge on any atom is 0.313 e. The molecule has 3 aliphatic rings. The number of carbonyl (C=O) groups excluding carboxylic acids is 3. The number of nitrogens with zero attached hydrogens (tertiary/aromatic N) is 2. The molecule has 146 valence electrons. The van der Waals surface area contributed by atoms with E-state index in [0.717, 1.165) is 17.5 Å². The molecule has 2 saturated heterocycles. The molecule has 2 unspecified atom stereocenters. The molecule has 0 radical (unpaired) electrons. The number of primary amides is 1. The summed E-state index contributed by atoms with van der Waals surface area (Å²) in [5, 5.41) is 8.76. The molecule has 2 fully saturated rings. The van der Waals surface area contributed by atoms with Crippen LogP contribution in [0, 0.1) is 5.41 Å². The Balaban J connectivity index is 1.77. The minimum atomic E-state index is -1.23. The van der Waals surface area contributed by atoms with Crippen LogP contribution in [0.3, 0.4) is 0 Å². The first-order valence-electron chi connectivity index (χ1n) is 8.48. The molecule has 0 bridgehead atoms. The van der Waals surface area contributed by atoms with Crippen molar-refractivity contribution in [1.29, 1.82) is 0 Å². The van der Waals surface area contributed by atoms with Crippen LogP contribution in [-0.2, 0) is 14.4 Å². The Morgan fingerprint density at radius 3 is 2.74 bits per heavy atom. The first-order chi connectivity index (χ1) is 12.8. The summed E-state index contributed by atoms with van der Waals surface area (Å²) in [6.45, 7) is 1.45. The fourth-order valence-corrected chi connectivity index (χ4v) is 6.01. The molecular weight excluding hydrogens is 390 g/mol. The van der Waals surface area contributed by atoms with Crippen molar-refractivity contribution in [3.05, 3.63) is 23.9 Å². The molecule has 2 heterocycles.